The van der Waals surface area contributed by atoms with Crippen LogP contribution in [0.25, 0.3) is 0 Å². The molecule has 0 spiro atoms. The van der Waals surface area contributed by atoms with E-state index in [1.165, 1.54) is 12.8 Å². The number of rotatable bonds is 1. The van der Waals surface area contributed by atoms with E-state index in [1.54, 1.807) is 0 Å². The van der Waals surface area contributed by atoms with Crippen LogP contribution in [0.3, 0.4) is 0 Å². The van der Waals surface area contributed by atoms with Gasteiger partial charge in [-0.2, -0.15) is 0 Å². The van der Waals surface area contributed by atoms with Gasteiger partial charge in [0.25, 0.3) is 0 Å². The van der Waals surface area contributed by atoms with Crippen LogP contribution in [0, 0.1) is 11.8 Å². The molecule has 17 heavy (non-hydrogen) atoms. The Bertz CT molecular complexity index is 284. The van der Waals surface area contributed by atoms with E-state index < -0.39 is 0 Å². The lowest BCUT2D eigenvalue weighted by Gasteiger charge is -2.33. The van der Waals surface area contributed by atoms with Crippen molar-refractivity contribution >= 4 is 6.09 Å². The van der Waals surface area contributed by atoms with Gasteiger partial charge in [-0.05, 0) is 58.3 Å². The molecule has 4 heteroatoms. The molecule has 2 aliphatic rings. The molecule has 0 radical (unpaired) electrons. The molecule has 0 saturated heterocycles. The number of carbonyl (C=O) groups is 1. The molecule has 0 heterocycles. The van der Waals surface area contributed by atoms with Gasteiger partial charge in [-0.15, -0.1) is 0 Å². The Morgan fingerprint density at radius 3 is 2.24 bits per heavy atom. The van der Waals surface area contributed by atoms with Gasteiger partial charge in [0, 0.05) is 11.6 Å². The standard InChI is InChI=1S/C13H24N2O2/c1-13(2,3)15-12(16)17-10-6-8-4-5-9(7-10)11(8)14/h8-11H,4-7,14H2,1-3H3,(H,15,16). The van der Waals surface area contributed by atoms with Crippen LogP contribution in [0.1, 0.15) is 46.5 Å². The molecule has 1 amide bonds. The summed E-state index contributed by atoms with van der Waals surface area (Å²) in [6.45, 7) is 5.86. The number of nitrogens with two attached hydrogens (primary N) is 1. The lowest BCUT2D eigenvalue weighted by molar-refractivity contribution is 0.0461. The summed E-state index contributed by atoms with van der Waals surface area (Å²) >= 11 is 0. The van der Waals surface area contributed by atoms with E-state index in [-0.39, 0.29) is 17.7 Å². The first-order chi connectivity index (χ1) is 7.85. The molecule has 0 aromatic rings. The quantitative estimate of drug-likeness (QED) is 0.737. The fourth-order valence-corrected chi connectivity index (χ4v) is 3.10. The first kappa shape index (κ1) is 12.7. The van der Waals surface area contributed by atoms with Crippen molar-refractivity contribution in [3.05, 3.63) is 0 Å². The second-order valence-electron chi connectivity index (χ2n) is 6.55. The largest absolute Gasteiger partial charge is 0.446 e. The van der Waals surface area contributed by atoms with Gasteiger partial charge in [0.05, 0.1) is 0 Å². The Kier molecular flexibility index (Phi) is 3.34. The first-order valence-corrected chi connectivity index (χ1v) is 6.59. The highest BCUT2D eigenvalue weighted by Gasteiger charge is 2.42. The predicted molar refractivity (Wildman–Crippen MR) is 66.6 cm³/mol. The average molecular weight is 240 g/mol. The highest BCUT2D eigenvalue weighted by atomic mass is 16.6. The number of amides is 1. The number of ether oxygens (including phenoxy) is 1. The van der Waals surface area contributed by atoms with Gasteiger partial charge >= 0.3 is 6.09 Å². The summed E-state index contributed by atoms with van der Waals surface area (Å²) in [5.74, 6) is 1.11. The summed E-state index contributed by atoms with van der Waals surface area (Å²) in [6.07, 6.45) is 4.05. The molecule has 2 atom stereocenters. The van der Waals surface area contributed by atoms with E-state index in [9.17, 15) is 4.79 Å². The molecule has 2 fully saturated rings. The molecule has 0 aromatic carbocycles. The molecule has 2 bridgehead atoms. The van der Waals surface area contributed by atoms with Crippen LogP contribution in [-0.2, 0) is 4.74 Å². The Morgan fingerprint density at radius 1 is 1.24 bits per heavy atom. The van der Waals surface area contributed by atoms with Gasteiger partial charge in [0.2, 0.25) is 0 Å². The fourth-order valence-electron chi connectivity index (χ4n) is 3.10. The SMILES string of the molecule is CC(C)(C)NC(=O)OC1CC2CCC(C1)C2N. The Balaban J connectivity index is 1.83. The minimum absolute atomic E-state index is 0.0645. The summed E-state index contributed by atoms with van der Waals surface area (Å²) in [5, 5.41) is 2.84. The average Bonchev–Trinajstić information content (AvgIpc) is 2.42. The van der Waals surface area contributed by atoms with E-state index >= 15 is 0 Å². The Morgan fingerprint density at radius 2 is 1.76 bits per heavy atom. The van der Waals surface area contributed by atoms with E-state index in [4.69, 9.17) is 10.5 Å². The van der Waals surface area contributed by atoms with Gasteiger partial charge in [-0.1, -0.05) is 0 Å². The van der Waals surface area contributed by atoms with Crippen LogP contribution >= 0.6 is 0 Å². The zero-order chi connectivity index (χ0) is 12.6. The number of carbonyl (C=O) groups excluding carboxylic acids is 1. The molecule has 2 unspecified atom stereocenters. The molecule has 0 aliphatic heterocycles. The zero-order valence-electron chi connectivity index (χ0n) is 11.0. The number of hydrogen-bond donors (Lipinski definition) is 2. The maximum atomic E-state index is 11.7. The lowest BCUT2D eigenvalue weighted by Crippen LogP contribution is -2.45. The second kappa shape index (κ2) is 4.48. The van der Waals surface area contributed by atoms with Crippen LogP contribution < -0.4 is 11.1 Å². The molecular formula is C13H24N2O2. The van der Waals surface area contributed by atoms with Gasteiger partial charge < -0.3 is 15.8 Å². The normalized spacial score (nSPS) is 36.7. The number of nitrogens with one attached hydrogen (secondary N) is 1. The van der Waals surface area contributed by atoms with Crippen LogP contribution in [0.2, 0.25) is 0 Å². The molecule has 98 valence electrons. The monoisotopic (exact) mass is 240 g/mol. The van der Waals surface area contributed by atoms with Crippen molar-refractivity contribution in [2.45, 2.75) is 64.1 Å². The molecule has 0 aromatic heterocycles. The maximum absolute atomic E-state index is 11.7. The third kappa shape index (κ3) is 3.12. The lowest BCUT2D eigenvalue weighted by atomic mass is 9.83. The van der Waals surface area contributed by atoms with Gasteiger partial charge in [0.15, 0.2) is 0 Å². The van der Waals surface area contributed by atoms with E-state index in [0.717, 1.165) is 12.8 Å². The fraction of sp³-hybridized carbons (Fsp3) is 0.923. The summed E-state index contributed by atoms with van der Waals surface area (Å²) in [4.78, 5) is 11.7. The van der Waals surface area contributed by atoms with E-state index in [2.05, 4.69) is 5.32 Å². The molecule has 2 aliphatic carbocycles. The summed E-state index contributed by atoms with van der Waals surface area (Å²) < 4.78 is 5.49. The highest BCUT2D eigenvalue weighted by Crippen LogP contribution is 2.42. The second-order valence-corrected chi connectivity index (χ2v) is 6.55. The minimum Gasteiger partial charge on any atom is -0.446 e. The van der Waals surface area contributed by atoms with E-state index in [1.807, 2.05) is 20.8 Å². The number of hydrogen-bond acceptors (Lipinski definition) is 3. The van der Waals surface area contributed by atoms with Crippen molar-refractivity contribution in [2.24, 2.45) is 17.6 Å². The van der Waals surface area contributed by atoms with Crippen molar-refractivity contribution in [2.75, 3.05) is 0 Å². The Labute approximate surface area is 103 Å². The van der Waals surface area contributed by atoms with Crippen molar-refractivity contribution in [3.63, 3.8) is 0 Å². The van der Waals surface area contributed by atoms with Crippen LogP contribution in [0.15, 0.2) is 0 Å². The first-order valence-electron chi connectivity index (χ1n) is 6.59. The number of fused-ring (bicyclic) bond motifs is 2. The molecule has 2 saturated carbocycles. The summed E-state index contributed by atoms with van der Waals surface area (Å²) in [7, 11) is 0. The Hall–Kier alpha value is -0.770. The maximum Gasteiger partial charge on any atom is 0.407 e. The van der Waals surface area contributed by atoms with Crippen LogP contribution in [0.4, 0.5) is 4.79 Å². The third-order valence-corrected chi connectivity index (χ3v) is 3.88. The zero-order valence-corrected chi connectivity index (χ0v) is 11.0. The predicted octanol–water partition coefficient (Wildman–Crippen LogP) is 2.03. The van der Waals surface area contributed by atoms with E-state index in [0.29, 0.717) is 17.9 Å². The van der Waals surface area contributed by atoms with Crippen LogP contribution in [-0.4, -0.2) is 23.8 Å². The molecule has 2 rings (SSSR count). The van der Waals surface area contributed by atoms with Gasteiger partial charge in [-0.3, -0.25) is 0 Å². The minimum atomic E-state index is -0.294. The van der Waals surface area contributed by atoms with Crippen molar-refractivity contribution in [3.8, 4) is 0 Å². The van der Waals surface area contributed by atoms with Crippen molar-refractivity contribution in [1.29, 1.82) is 0 Å². The van der Waals surface area contributed by atoms with Gasteiger partial charge in [-0.25, -0.2) is 4.79 Å². The van der Waals surface area contributed by atoms with Crippen LogP contribution in [0.5, 0.6) is 0 Å². The van der Waals surface area contributed by atoms with Crippen molar-refractivity contribution in [1.82, 2.24) is 5.32 Å². The molecule has 3 N–H and O–H groups in total. The molecular weight excluding hydrogens is 216 g/mol. The smallest absolute Gasteiger partial charge is 0.407 e. The molecule has 4 nitrogen and oxygen atoms in total. The third-order valence-electron chi connectivity index (χ3n) is 3.88. The van der Waals surface area contributed by atoms with Gasteiger partial charge in [0.1, 0.15) is 6.10 Å². The summed E-state index contributed by atoms with van der Waals surface area (Å²) in [5.41, 5.74) is 5.89. The highest BCUT2D eigenvalue weighted by molar-refractivity contribution is 5.68. The number of alkyl carbamates (subject to hydrolysis) is 1. The van der Waals surface area contributed by atoms with Crippen molar-refractivity contribution < 1.29 is 9.53 Å². The topological polar surface area (TPSA) is 64.3 Å². The summed E-state index contributed by atoms with van der Waals surface area (Å²) in [6, 6.07) is 0.334.